The summed E-state index contributed by atoms with van der Waals surface area (Å²) in [4.78, 5) is 15.4. The normalized spacial score (nSPS) is 11.0. The highest BCUT2D eigenvalue weighted by molar-refractivity contribution is 7.08. The molecule has 0 saturated heterocycles. The number of pyridine rings is 1. The molecule has 1 N–H and O–H groups in total. The molecule has 3 heterocycles. The molecule has 0 aliphatic heterocycles. The lowest BCUT2D eigenvalue weighted by Crippen LogP contribution is -2.08. The summed E-state index contributed by atoms with van der Waals surface area (Å²) >= 11 is 3.30. The van der Waals surface area contributed by atoms with Gasteiger partial charge in [-0.2, -0.15) is 22.7 Å². The molecular formula is C17H11NOS2. The van der Waals surface area contributed by atoms with Crippen LogP contribution >= 0.6 is 22.7 Å². The van der Waals surface area contributed by atoms with Gasteiger partial charge >= 0.3 is 0 Å². The summed E-state index contributed by atoms with van der Waals surface area (Å²) < 4.78 is 0. The fourth-order valence-corrected chi connectivity index (χ4v) is 3.90. The van der Waals surface area contributed by atoms with Gasteiger partial charge < -0.3 is 4.98 Å². The van der Waals surface area contributed by atoms with Gasteiger partial charge in [0.15, 0.2) is 0 Å². The minimum atomic E-state index is -0.0363. The number of benzene rings is 1. The fraction of sp³-hybridized carbons (Fsp3) is 0. The fourth-order valence-electron chi connectivity index (χ4n) is 2.61. The van der Waals surface area contributed by atoms with Crippen LogP contribution in [-0.2, 0) is 0 Å². The molecule has 0 bridgehead atoms. The third-order valence-electron chi connectivity index (χ3n) is 3.55. The van der Waals surface area contributed by atoms with Crippen molar-refractivity contribution in [3.05, 3.63) is 68.3 Å². The molecule has 0 spiro atoms. The average molecular weight is 309 g/mol. The van der Waals surface area contributed by atoms with E-state index >= 15 is 0 Å². The zero-order valence-electron chi connectivity index (χ0n) is 11.0. The number of H-pyrrole nitrogens is 1. The highest BCUT2D eigenvalue weighted by Gasteiger charge is 2.15. The Balaban J connectivity index is 2.19. The van der Waals surface area contributed by atoms with Crippen molar-refractivity contribution in [3.8, 4) is 22.4 Å². The van der Waals surface area contributed by atoms with Gasteiger partial charge in [0.05, 0.1) is 5.69 Å². The van der Waals surface area contributed by atoms with Crippen molar-refractivity contribution in [1.82, 2.24) is 4.98 Å². The van der Waals surface area contributed by atoms with E-state index in [4.69, 9.17) is 0 Å². The van der Waals surface area contributed by atoms with Crippen LogP contribution in [0.3, 0.4) is 0 Å². The summed E-state index contributed by atoms with van der Waals surface area (Å²) in [7, 11) is 0. The second-order valence-electron chi connectivity index (χ2n) is 4.77. The van der Waals surface area contributed by atoms with Crippen molar-refractivity contribution in [2.75, 3.05) is 0 Å². The third kappa shape index (κ3) is 2.04. The van der Waals surface area contributed by atoms with E-state index in [-0.39, 0.29) is 5.56 Å². The van der Waals surface area contributed by atoms with Crippen LogP contribution in [0.2, 0.25) is 0 Å². The highest BCUT2D eigenvalue weighted by Crippen LogP contribution is 2.36. The Morgan fingerprint density at radius 3 is 2.14 bits per heavy atom. The molecule has 2 nitrogen and oxygen atoms in total. The molecule has 21 heavy (non-hydrogen) atoms. The molecule has 102 valence electrons. The summed E-state index contributed by atoms with van der Waals surface area (Å²) in [6, 6.07) is 11.9. The number of nitrogens with one attached hydrogen (secondary N) is 1. The predicted octanol–water partition coefficient (Wildman–Crippen LogP) is 4.99. The Hall–Kier alpha value is -2.17. The van der Waals surface area contributed by atoms with Gasteiger partial charge in [0.25, 0.3) is 5.56 Å². The first-order chi connectivity index (χ1) is 10.3. The number of aromatic amines is 1. The van der Waals surface area contributed by atoms with Crippen LogP contribution in [0.5, 0.6) is 0 Å². The van der Waals surface area contributed by atoms with Crippen molar-refractivity contribution in [2.45, 2.75) is 0 Å². The third-order valence-corrected chi connectivity index (χ3v) is 4.92. The molecule has 0 aliphatic carbocycles. The standard InChI is InChI=1S/C17H11NOS2/c19-17-14-4-2-1-3-13(14)15(11-5-7-20-9-11)16(18-17)12-6-8-21-10-12/h1-10H,(H,18,19). The van der Waals surface area contributed by atoms with E-state index in [9.17, 15) is 4.79 Å². The number of hydrogen-bond acceptors (Lipinski definition) is 3. The van der Waals surface area contributed by atoms with Gasteiger partial charge in [-0.3, -0.25) is 4.79 Å². The van der Waals surface area contributed by atoms with Crippen LogP contribution in [0, 0.1) is 0 Å². The number of rotatable bonds is 2. The Labute approximate surface area is 129 Å². The summed E-state index contributed by atoms with van der Waals surface area (Å²) in [6.45, 7) is 0. The Morgan fingerprint density at radius 2 is 1.48 bits per heavy atom. The van der Waals surface area contributed by atoms with Gasteiger partial charge in [-0.05, 0) is 45.3 Å². The molecule has 4 heteroatoms. The molecule has 0 saturated carbocycles. The minimum absolute atomic E-state index is 0.0363. The molecule has 4 aromatic rings. The molecule has 0 aliphatic rings. The second-order valence-corrected chi connectivity index (χ2v) is 6.33. The Bertz CT molecular complexity index is 950. The maximum absolute atomic E-state index is 12.4. The molecular weight excluding hydrogens is 298 g/mol. The van der Waals surface area contributed by atoms with Crippen LogP contribution in [0.15, 0.2) is 62.7 Å². The van der Waals surface area contributed by atoms with Gasteiger partial charge in [-0.1, -0.05) is 18.2 Å². The van der Waals surface area contributed by atoms with E-state index in [2.05, 4.69) is 27.2 Å². The van der Waals surface area contributed by atoms with Crippen molar-refractivity contribution in [2.24, 2.45) is 0 Å². The van der Waals surface area contributed by atoms with Crippen LogP contribution in [0.25, 0.3) is 33.2 Å². The summed E-state index contributed by atoms with van der Waals surface area (Å²) in [5.41, 5.74) is 4.17. The summed E-state index contributed by atoms with van der Waals surface area (Å²) in [5.74, 6) is 0. The lowest BCUT2D eigenvalue weighted by atomic mass is 9.97. The summed E-state index contributed by atoms with van der Waals surface area (Å²) in [6.07, 6.45) is 0. The van der Waals surface area contributed by atoms with E-state index in [1.165, 1.54) is 0 Å². The van der Waals surface area contributed by atoms with Gasteiger partial charge in [0, 0.05) is 21.9 Å². The van der Waals surface area contributed by atoms with E-state index in [0.717, 1.165) is 33.2 Å². The molecule has 0 amide bonds. The van der Waals surface area contributed by atoms with Crippen molar-refractivity contribution in [3.63, 3.8) is 0 Å². The maximum atomic E-state index is 12.4. The largest absolute Gasteiger partial charge is 0.321 e. The SMILES string of the molecule is O=c1[nH]c(-c2ccsc2)c(-c2ccsc2)c2ccccc12. The number of fused-ring (bicyclic) bond motifs is 1. The van der Waals surface area contributed by atoms with E-state index in [0.29, 0.717) is 0 Å². The van der Waals surface area contributed by atoms with Crippen LogP contribution in [-0.4, -0.2) is 4.98 Å². The average Bonchev–Trinajstić information content (AvgIpc) is 3.21. The second kappa shape index (κ2) is 4.98. The first-order valence-electron chi connectivity index (χ1n) is 6.55. The Morgan fingerprint density at radius 1 is 0.810 bits per heavy atom. The van der Waals surface area contributed by atoms with E-state index in [1.54, 1.807) is 22.7 Å². The van der Waals surface area contributed by atoms with Crippen LogP contribution in [0.4, 0.5) is 0 Å². The number of thiophene rings is 2. The molecule has 3 aromatic heterocycles. The molecule has 0 unspecified atom stereocenters. The zero-order valence-corrected chi connectivity index (χ0v) is 12.6. The van der Waals surface area contributed by atoms with Crippen LogP contribution in [0.1, 0.15) is 0 Å². The number of aromatic nitrogens is 1. The van der Waals surface area contributed by atoms with Crippen molar-refractivity contribution >= 4 is 33.4 Å². The molecule has 0 fully saturated rings. The predicted molar refractivity (Wildman–Crippen MR) is 91.2 cm³/mol. The molecule has 0 radical (unpaired) electrons. The van der Waals surface area contributed by atoms with Gasteiger partial charge in [0.1, 0.15) is 0 Å². The topological polar surface area (TPSA) is 32.9 Å². The van der Waals surface area contributed by atoms with E-state index < -0.39 is 0 Å². The first kappa shape index (κ1) is 12.6. The minimum Gasteiger partial charge on any atom is -0.321 e. The first-order valence-corrected chi connectivity index (χ1v) is 8.43. The highest BCUT2D eigenvalue weighted by atomic mass is 32.1. The maximum Gasteiger partial charge on any atom is 0.256 e. The monoisotopic (exact) mass is 309 g/mol. The van der Waals surface area contributed by atoms with Gasteiger partial charge in [-0.15, -0.1) is 0 Å². The van der Waals surface area contributed by atoms with Crippen LogP contribution < -0.4 is 5.56 Å². The van der Waals surface area contributed by atoms with Crippen molar-refractivity contribution in [1.29, 1.82) is 0 Å². The lowest BCUT2D eigenvalue weighted by molar-refractivity contribution is 1.28. The van der Waals surface area contributed by atoms with Gasteiger partial charge in [0.2, 0.25) is 0 Å². The van der Waals surface area contributed by atoms with E-state index in [1.807, 2.05) is 35.7 Å². The quantitative estimate of drug-likeness (QED) is 0.556. The van der Waals surface area contributed by atoms with Crippen molar-refractivity contribution < 1.29 is 0 Å². The number of hydrogen-bond donors (Lipinski definition) is 1. The molecule has 4 rings (SSSR count). The summed E-state index contributed by atoms with van der Waals surface area (Å²) in [5, 5.41) is 10.0. The smallest absolute Gasteiger partial charge is 0.256 e. The molecule has 0 atom stereocenters. The zero-order chi connectivity index (χ0) is 14.2. The lowest BCUT2D eigenvalue weighted by Gasteiger charge is -2.11. The Kier molecular flexibility index (Phi) is 2.98. The van der Waals surface area contributed by atoms with Gasteiger partial charge in [-0.25, -0.2) is 0 Å². The molecule has 1 aromatic carbocycles.